The Morgan fingerprint density at radius 3 is 2.18 bits per heavy atom. The number of cyclic esters (lactones) is 1. The molecule has 0 spiro atoms. The zero-order valence-corrected chi connectivity index (χ0v) is 47.8. The lowest BCUT2D eigenvalue weighted by Gasteiger charge is -2.54. The van der Waals surface area contributed by atoms with E-state index in [-0.39, 0.29) is 50.2 Å². The first-order chi connectivity index (χ1) is 35.6. The molecule has 76 heavy (non-hydrogen) atoms. The predicted molar refractivity (Wildman–Crippen MR) is 280 cm³/mol. The van der Waals surface area contributed by atoms with Gasteiger partial charge >= 0.3 is 5.97 Å². The largest absolute Gasteiger partial charge is 0.459 e. The van der Waals surface area contributed by atoms with Crippen LogP contribution >= 0.6 is 0 Å². The Balaban J connectivity index is 1.42. The Hall–Kier alpha value is -3.55. The lowest BCUT2D eigenvalue weighted by Crippen LogP contribution is -2.70. The second kappa shape index (κ2) is 26.6. The van der Waals surface area contributed by atoms with Gasteiger partial charge in [-0.3, -0.25) is 29.2 Å². The zero-order chi connectivity index (χ0) is 56.7. The molecule has 3 aliphatic rings. The Bertz CT molecular complexity index is 2180. The first-order valence-corrected chi connectivity index (χ1v) is 27.1. The molecule has 0 bridgehead atoms. The van der Waals surface area contributed by atoms with Gasteiger partial charge in [-0.15, -0.1) is 5.10 Å². The van der Waals surface area contributed by atoms with E-state index < -0.39 is 107 Å². The van der Waals surface area contributed by atoms with Crippen LogP contribution in [0.4, 0.5) is 0 Å². The Labute approximate surface area is 450 Å². The number of amides is 1. The number of methoxy groups -OCH3 is 2. The van der Waals surface area contributed by atoms with E-state index in [0.29, 0.717) is 25.9 Å². The topological polar surface area (TPSA) is 266 Å². The monoisotopic (exact) mass is 1080 g/mol. The van der Waals surface area contributed by atoms with E-state index in [0.717, 1.165) is 29.7 Å². The third-order valence-electron chi connectivity index (χ3n) is 16.9. The third-order valence-corrected chi connectivity index (χ3v) is 16.9. The summed E-state index contributed by atoms with van der Waals surface area (Å²) in [4.78, 5) is 44.1. The van der Waals surface area contributed by atoms with Crippen molar-refractivity contribution >= 4 is 17.7 Å². The van der Waals surface area contributed by atoms with Gasteiger partial charge in [-0.25, -0.2) is 5.48 Å². The Kier molecular flexibility index (Phi) is 22.2. The number of Topliss-reactive ketones (excluding diaryl/α,β-unsaturated/α-hetero) is 1. The molecule has 1 aromatic carbocycles. The summed E-state index contributed by atoms with van der Waals surface area (Å²) in [5.74, 6) is -5.18. The molecule has 1 amide bonds. The van der Waals surface area contributed by atoms with Gasteiger partial charge in [-0.1, -0.05) is 63.6 Å². The number of unbranched alkanes of at least 4 members (excludes halogenated alkanes) is 2. The minimum atomic E-state index is -2.02. The van der Waals surface area contributed by atoms with Crippen molar-refractivity contribution in [1.29, 1.82) is 0 Å². The average molecular weight is 1080 g/mol. The van der Waals surface area contributed by atoms with E-state index in [4.69, 9.17) is 38.4 Å². The van der Waals surface area contributed by atoms with Gasteiger partial charge in [0.1, 0.15) is 40.5 Å². The third kappa shape index (κ3) is 14.4. The minimum absolute atomic E-state index is 0.0148. The number of likely N-dealkylation sites (N-methyl/N-ethyl adjacent to an activating group) is 2. The van der Waals surface area contributed by atoms with Crippen LogP contribution in [0.5, 0.6) is 0 Å². The van der Waals surface area contributed by atoms with Gasteiger partial charge in [0.2, 0.25) is 5.91 Å². The van der Waals surface area contributed by atoms with E-state index in [9.17, 15) is 34.8 Å². The maximum absolute atomic E-state index is 14.6. The van der Waals surface area contributed by atoms with Crippen LogP contribution in [0.2, 0.25) is 0 Å². The number of nitrogens with zero attached hydrogens (tertiary/aromatic N) is 5. The number of hydrogen-bond acceptors (Lipinski definition) is 19. The number of aliphatic hydroxyl groups excluding tert-OH is 2. The number of ketones is 1. The highest BCUT2D eigenvalue weighted by molar-refractivity contribution is 5.83. The van der Waals surface area contributed by atoms with E-state index in [1.165, 1.54) is 21.1 Å². The van der Waals surface area contributed by atoms with Crippen LogP contribution in [-0.4, -0.2) is 194 Å². The number of ether oxygens (including phenoxy) is 7. The van der Waals surface area contributed by atoms with E-state index in [1.807, 2.05) is 75.3 Å². The van der Waals surface area contributed by atoms with Gasteiger partial charge in [0, 0.05) is 76.1 Å². The molecule has 3 fully saturated rings. The molecule has 18 atom stereocenters. The van der Waals surface area contributed by atoms with Crippen LogP contribution in [0.3, 0.4) is 0 Å². The van der Waals surface area contributed by atoms with Crippen LogP contribution in [0.1, 0.15) is 126 Å². The standard InChI is InChI=1S/C55H92N6O15/c1-16-42-54(10,67)48(65)34(4)45(63)32(2)27-52(8,70-14)49(76-51-46(64)41(59(11)12)26-33(3)72-51)35(5)47(36(6)50(66)74-42)75-44-28-53(9,71-15)55(68,37(7)73-44)31-60(13)29-38-21-23-39(24-22-38)40-30-61(58-56-40)25-19-17-18-20-43(62)57-69/h21-24,30,32-37,41-42,44,46-49,51,64-65,67-69H,16-20,25-29,31H2,1-15H3,(H,57,62)/t32-,33+,34+,35-,36-,37-,41-,42-,44-,46+,47+,48+,49-,51-,52-,53+,54-,55-/m1/s1. The number of esters is 1. The SMILES string of the molecule is CC[C@H]1OC(=O)[C@H](C)[C@@H](O[C@@H]2C[C@](C)(OC)[C@@](O)(CN(C)Cc3ccc(-c4cn(CCCCCC(=O)NO)nn4)cc3)[C@@H](C)O2)[C@@H](C)[C@@H](O[C@H]2O[C@@H](C)C[C@@H](N(C)C)[C@@H]2O)[C@](C)(OC)C[C@@H](C)C(=O)[C@H](C)[C@H](O)[C@]1(C)O. The fourth-order valence-electron chi connectivity index (χ4n) is 11.8. The van der Waals surface area contributed by atoms with Crippen molar-refractivity contribution < 1.29 is 73.2 Å². The summed E-state index contributed by atoms with van der Waals surface area (Å²) in [6.45, 7) is 18.4. The first-order valence-electron chi connectivity index (χ1n) is 27.1. The molecular weight excluding hydrogens is 985 g/mol. The molecule has 21 nitrogen and oxygen atoms in total. The van der Waals surface area contributed by atoms with Crippen molar-refractivity contribution in [3.05, 3.63) is 36.0 Å². The number of hydroxylamine groups is 1. The number of aromatic nitrogens is 3. The quantitative estimate of drug-likeness (QED) is 0.0497. The molecule has 0 radical (unpaired) electrons. The van der Waals surface area contributed by atoms with Crippen molar-refractivity contribution in [1.82, 2.24) is 30.3 Å². The van der Waals surface area contributed by atoms with Crippen molar-refractivity contribution in [2.75, 3.05) is 41.9 Å². The molecule has 4 heterocycles. The summed E-state index contributed by atoms with van der Waals surface area (Å²) >= 11 is 0. The van der Waals surface area contributed by atoms with Crippen LogP contribution in [0.15, 0.2) is 30.5 Å². The number of carbonyl (C=O) groups excluding carboxylic acids is 3. The smallest absolute Gasteiger partial charge is 0.311 e. The van der Waals surface area contributed by atoms with Gasteiger partial charge in [0.25, 0.3) is 0 Å². The van der Waals surface area contributed by atoms with Crippen LogP contribution in [-0.2, 0) is 60.6 Å². The Morgan fingerprint density at radius 1 is 0.908 bits per heavy atom. The minimum Gasteiger partial charge on any atom is -0.459 e. The molecule has 432 valence electrons. The van der Waals surface area contributed by atoms with Crippen molar-refractivity contribution in [2.45, 2.75) is 217 Å². The molecule has 1 aromatic heterocycles. The number of aliphatic hydroxyl groups is 4. The fraction of sp³-hybridized carbons (Fsp3) is 0.800. The van der Waals surface area contributed by atoms with Crippen molar-refractivity contribution in [2.24, 2.45) is 23.7 Å². The lowest BCUT2D eigenvalue weighted by molar-refractivity contribution is -0.339. The highest BCUT2D eigenvalue weighted by Gasteiger charge is 2.59. The predicted octanol–water partition coefficient (Wildman–Crippen LogP) is 4.27. The van der Waals surface area contributed by atoms with Gasteiger partial charge in [-0.2, -0.15) is 0 Å². The summed E-state index contributed by atoms with van der Waals surface area (Å²) in [7, 11) is 8.68. The molecule has 0 aliphatic carbocycles. The van der Waals surface area contributed by atoms with Gasteiger partial charge in [0.15, 0.2) is 12.6 Å². The summed E-state index contributed by atoms with van der Waals surface area (Å²) in [5, 5.41) is 65.4. The molecule has 0 saturated carbocycles. The summed E-state index contributed by atoms with van der Waals surface area (Å²) in [6, 6.07) is 7.62. The van der Waals surface area contributed by atoms with Gasteiger partial charge in [-0.05, 0) is 100 Å². The number of carbonyl (C=O) groups is 3. The highest BCUT2D eigenvalue weighted by atomic mass is 16.7. The maximum atomic E-state index is 14.6. The van der Waals surface area contributed by atoms with E-state index in [2.05, 4.69) is 10.3 Å². The van der Waals surface area contributed by atoms with E-state index >= 15 is 0 Å². The normalized spacial score (nSPS) is 38.2. The highest BCUT2D eigenvalue weighted by Crippen LogP contribution is 2.45. The number of hydrogen-bond donors (Lipinski definition) is 6. The first kappa shape index (κ1) is 63.3. The summed E-state index contributed by atoms with van der Waals surface area (Å²) in [5.41, 5.74) is -1.96. The maximum Gasteiger partial charge on any atom is 0.311 e. The van der Waals surface area contributed by atoms with Gasteiger partial charge < -0.3 is 58.5 Å². The summed E-state index contributed by atoms with van der Waals surface area (Å²) < 4.78 is 47.4. The van der Waals surface area contributed by atoms with Crippen LogP contribution in [0, 0.1) is 23.7 Å². The number of aryl methyl sites for hydroxylation is 1. The van der Waals surface area contributed by atoms with E-state index in [1.54, 1.807) is 58.6 Å². The van der Waals surface area contributed by atoms with Gasteiger partial charge in [0.05, 0.1) is 48.2 Å². The summed E-state index contributed by atoms with van der Waals surface area (Å²) in [6.07, 6.45) is -4.34. The molecule has 3 aliphatic heterocycles. The second-order valence-electron chi connectivity index (χ2n) is 23.0. The zero-order valence-electron chi connectivity index (χ0n) is 47.8. The lowest BCUT2D eigenvalue weighted by atomic mass is 9.73. The average Bonchev–Trinajstić information content (AvgIpc) is 3.86. The fourth-order valence-corrected chi connectivity index (χ4v) is 11.8. The van der Waals surface area contributed by atoms with Crippen molar-refractivity contribution in [3.8, 4) is 11.3 Å². The molecule has 3 saturated heterocycles. The second-order valence-corrected chi connectivity index (χ2v) is 23.0. The number of rotatable bonds is 19. The number of nitrogens with one attached hydrogen (secondary N) is 1. The molecular formula is C55H92N6O15. The molecule has 2 aromatic rings. The van der Waals surface area contributed by atoms with Crippen LogP contribution < -0.4 is 5.48 Å². The van der Waals surface area contributed by atoms with Crippen LogP contribution in [0.25, 0.3) is 11.3 Å². The molecule has 6 N–H and O–H groups in total. The molecule has 0 unspecified atom stereocenters. The Morgan fingerprint density at radius 2 is 1.58 bits per heavy atom. The van der Waals surface area contributed by atoms with Crippen molar-refractivity contribution in [3.63, 3.8) is 0 Å². The molecule has 5 rings (SSSR count). The molecule has 21 heteroatoms. The number of benzene rings is 1.